The van der Waals surface area contributed by atoms with Gasteiger partial charge in [-0.05, 0) is 42.1 Å². The highest BCUT2D eigenvalue weighted by Crippen LogP contribution is 2.36. The molecular formula is C25H19Cl2N3O2S. The number of hydrogen-bond acceptors (Lipinski definition) is 5. The van der Waals surface area contributed by atoms with E-state index in [1.807, 2.05) is 48.5 Å². The van der Waals surface area contributed by atoms with Gasteiger partial charge in [-0.1, -0.05) is 65.7 Å². The number of aromatic nitrogens is 1. The maximum Gasteiger partial charge on any atom is 0.267 e. The number of nitrogens with zero attached hydrogens (tertiary/aromatic N) is 3. The molecule has 3 aromatic rings. The van der Waals surface area contributed by atoms with Gasteiger partial charge < -0.3 is 4.74 Å². The predicted molar refractivity (Wildman–Crippen MR) is 136 cm³/mol. The van der Waals surface area contributed by atoms with E-state index < -0.39 is 0 Å². The molecule has 8 heteroatoms. The lowest BCUT2D eigenvalue weighted by molar-refractivity contribution is -0.121. The van der Waals surface area contributed by atoms with Crippen LogP contribution in [0.1, 0.15) is 11.1 Å². The summed E-state index contributed by atoms with van der Waals surface area (Å²) in [5, 5.41) is 1.42. The van der Waals surface area contributed by atoms with E-state index in [1.54, 1.807) is 35.4 Å². The molecule has 1 fully saturated rings. The average molecular weight is 496 g/mol. The molecule has 0 N–H and O–H groups in total. The molecule has 166 valence electrons. The zero-order valence-electron chi connectivity index (χ0n) is 17.4. The fourth-order valence-electron chi connectivity index (χ4n) is 3.09. The van der Waals surface area contributed by atoms with E-state index in [2.05, 4.69) is 16.6 Å². The summed E-state index contributed by atoms with van der Waals surface area (Å²) in [5.41, 5.74) is 2.15. The van der Waals surface area contributed by atoms with Crippen molar-refractivity contribution in [2.75, 3.05) is 6.54 Å². The SMILES string of the molecule is C=CCN1C(=O)/C(=C/c2ccccc2OCc2ccccc2Cl)SC1=Nc1cccnc1Cl. The summed E-state index contributed by atoms with van der Waals surface area (Å²) < 4.78 is 6.03. The lowest BCUT2D eigenvalue weighted by Crippen LogP contribution is -2.29. The standard InChI is InChI=1S/C25H19Cl2N3O2S/c1-2-14-30-24(31)22(33-25(30)29-20-11-7-13-28-23(20)27)15-17-8-4-6-12-21(17)32-16-18-9-3-5-10-19(18)26/h2-13,15H,1,14,16H2/b22-15-,29-25?. The van der Waals surface area contributed by atoms with Crippen LogP contribution < -0.4 is 4.74 Å². The van der Waals surface area contributed by atoms with Gasteiger partial charge in [0.2, 0.25) is 0 Å². The molecule has 1 aliphatic heterocycles. The highest BCUT2D eigenvalue weighted by Gasteiger charge is 2.33. The van der Waals surface area contributed by atoms with Crippen LogP contribution in [0.4, 0.5) is 5.69 Å². The predicted octanol–water partition coefficient (Wildman–Crippen LogP) is 6.76. The minimum atomic E-state index is -0.167. The quantitative estimate of drug-likeness (QED) is 0.206. The second-order valence-electron chi connectivity index (χ2n) is 6.94. The second kappa shape index (κ2) is 10.7. The Bertz CT molecular complexity index is 1260. The van der Waals surface area contributed by atoms with Crippen LogP contribution in [0.3, 0.4) is 0 Å². The molecule has 0 saturated carbocycles. The van der Waals surface area contributed by atoms with Gasteiger partial charge in [0, 0.05) is 28.9 Å². The third-order valence-electron chi connectivity index (χ3n) is 4.70. The van der Waals surface area contributed by atoms with E-state index in [4.69, 9.17) is 27.9 Å². The number of amides is 1. The molecule has 0 radical (unpaired) electrons. The monoisotopic (exact) mass is 495 g/mol. The zero-order valence-corrected chi connectivity index (χ0v) is 19.8. The van der Waals surface area contributed by atoms with Gasteiger partial charge in [-0.15, -0.1) is 6.58 Å². The molecule has 1 aromatic heterocycles. The van der Waals surface area contributed by atoms with Crippen molar-refractivity contribution in [1.82, 2.24) is 9.88 Å². The molecule has 0 bridgehead atoms. The molecule has 4 rings (SSSR count). The molecule has 2 aromatic carbocycles. The first kappa shape index (κ1) is 23.1. The summed E-state index contributed by atoms with van der Waals surface area (Å²) in [6.07, 6.45) is 5.05. The van der Waals surface area contributed by atoms with Crippen molar-refractivity contribution in [3.63, 3.8) is 0 Å². The minimum Gasteiger partial charge on any atom is -0.488 e. The summed E-state index contributed by atoms with van der Waals surface area (Å²) in [4.78, 5) is 23.8. The first-order valence-electron chi connectivity index (χ1n) is 10.0. The van der Waals surface area contributed by atoms with Crippen LogP contribution in [0.2, 0.25) is 10.2 Å². The number of thioether (sulfide) groups is 1. The Morgan fingerprint density at radius 3 is 2.67 bits per heavy atom. The van der Waals surface area contributed by atoms with Crippen LogP contribution in [-0.4, -0.2) is 27.5 Å². The molecular weight excluding hydrogens is 477 g/mol. The average Bonchev–Trinajstić information content (AvgIpc) is 3.10. The van der Waals surface area contributed by atoms with E-state index in [-0.39, 0.29) is 11.1 Å². The fraction of sp³-hybridized carbons (Fsp3) is 0.0800. The van der Waals surface area contributed by atoms with Crippen molar-refractivity contribution in [3.05, 3.63) is 106 Å². The topological polar surface area (TPSA) is 54.8 Å². The molecule has 1 amide bonds. The van der Waals surface area contributed by atoms with Gasteiger partial charge in [0.25, 0.3) is 5.91 Å². The number of carbonyl (C=O) groups is 1. The second-order valence-corrected chi connectivity index (χ2v) is 8.72. The molecule has 5 nitrogen and oxygen atoms in total. The molecule has 0 aliphatic carbocycles. The highest BCUT2D eigenvalue weighted by atomic mass is 35.5. The first-order chi connectivity index (χ1) is 16.1. The fourth-order valence-corrected chi connectivity index (χ4v) is 4.43. The Hall–Kier alpha value is -3.06. The van der Waals surface area contributed by atoms with Crippen LogP contribution in [-0.2, 0) is 11.4 Å². The van der Waals surface area contributed by atoms with Gasteiger partial charge in [0.15, 0.2) is 10.3 Å². The van der Waals surface area contributed by atoms with Crippen LogP contribution in [0.15, 0.2) is 89.4 Å². The smallest absolute Gasteiger partial charge is 0.267 e. The number of rotatable bonds is 7. The summed E-state index contributed by atoms with van der Waals surface area (Å²) in [7, 11) is 0. The van der Waals surface area contributed by atoms with Crippen molar-refractivity contribution >= 4 is 57.8 Å². The molecule has 1 aliphatic rings. The van der Waals surface area contributed by atoms with Crippen molar-refractivity contribution in [2.45, 2.75) is 6.61 Å². The Kier molecular flexibility index (Phi) is 7.50. The van der Waals surface area contributed by atoms with E-state index in [9.17, 15) is 4.79 Å². The number of hydrogen-bond donors (Lipinski definition) is 0. The van der Waals surface area contributed by atoms with Gasteiger partial charge in [-0.25, -0.2) is 9.98 Å². The van der Waals surface area contributed by atoms with Gasteiger partial charge in [-0.2, -0.15) is 0 Å². The van der Waals surface area contributed by atoms with Gasteiger partial charge in [0.05, 0.1) is 4.91 Å². The molecule has 33 heavy (non-hydrogen) atoms. The number of carbonyl (C=O) groups excluding carboxylic acids is 1. The first-order valence-corrected chi connectivity index (χ1v) is 11.6. The highest BCUT2D eigenvalue weighted by molar-refractivity contribution is 8.18. The van der Waals surface area contributed by atoms with Crippen LogP contribution in [0.25, 0.3) is 6.08 Å². The Morgan fingerprint density at radius 2 is 1.88 bits per heavy atom. The summed E-state index contributed by atoms with van der Waals surface area (Å²) >= 11 is 13.7. The van der Waals surface area contributed by atoms with E-state index in [0.717, 1.165) is 11.1 Å². The Balaban J connectivity index is 1.62. The third-order valence-corrected chi connectivity index (χ3v) is 6.37. The molecule has 0 spiro atoms. The number of halogens is 2. The minimum absolute atomic E-state index is 0.167. The number of para-hydroxylation sites is 1. The molecule has 0 unspecified atom stereocenters. The number of pyridine rings is 1. The molecule has 2 heterocycles. The Labute approximate surface area is 206 Å². The van der Waals surface area contributed by atoms with E-state index in [0.29, 0.717) is 39.7 Å². The Morgan fingerprint density at radius 1 is 1.09 bits per heavy atom. The van der Waals surface area contributed by atoms with Crippen molar-refractivity contribution < 1.29 is 9.53 Å². The number of ether oxygens (including phenoxy) is 1. The number of amidine groups is 1. The largest absolute Gasteiger partial charge is 0.488 e. The van der Waals surface area contributed by atoms with Gasteiger partial charge >= 0.3 is 0 Å². The van der Waals surface area contributed by atoms with Crippen molar-refractivity contribution in [1.29, 1.82) is 0 Å². The number of aliphatic imine (C=N–C) groups is 1. The maximum absolute atomic E-state index is 13.1. The molecule has 0 atom stereocenters. The summed E-state index contributed by atoms with van der Waals surface area (Å²) in [6, 6.07) is 18.6. The van der Waals surface area contributed by atoms with Gasteiger partial charge in [-0.3, -0.25) is 9.69 Å². The summed E-state index contributed by atoms with van der Waals surface area (Å²) in [5.74, 6) is 0.480. The van der Waals surface area contributed by atoms with Crippen LogP contribution >= 0.6 is 35.0 Å². The molecule has 1 saturated heterocycles. The van der Waals surface area contributed by atoms with Crippen LogP contribution in [0, 0.1) is 0 Å². The van der Waals surface area contributed by atoms with Crippen LogP contribution in [0.5, 0.6) is 5.75 Å². The maximum atomic E-state index is 13.1. The number of benzene rings is 2. The van der Waals surface area contributed by atoms with E-state index >= 15 is 0 Å². The van der Waals surface area contributed by atoms with Crippen molar-refractivity contribution in [3.8, 4) is 5.75 Å². The van der Waals surface area contributed by atoms with Crippen molar-refractivity contribution in [2.24, 2.45) is 4.99 Å². The third kappa shape index (κ3) is 5.47. The zero-order chi connectivity index (χ0) is 23.2. The van der Waals surface area contributed by atoms with Gasteiger partial charge in [0.1, 0.15) is 18.0 Å². The normalized spacial score (nSPS) is 15.9. The summed E-state index contributed by atoms with van der Waals surface area (Å²) in [6.45, 7) is 4.39. The van der Waals surface area contributed by atoms with E-state index in [1.165, 1.54) is 11.8 Å². The lowest BCUT2D eigenvalue weighted by atomic mass is 10.1. The lowest BCUT2D eigenvalue weighted by Gasteiger charge is -2.12.